The fraction of sp³-hybridized carbons (Fsp3) is 0.160. The fourth-order valence-corrected chi connectivity index (χ4v) is 3.80. The van der Waals surface area contributed by atoms with Crippen molar-refractivity contribution in [2.75, 3.05) is 11.5 Å². The molecule has 1 aromatic heterocycles. The molecule has 1 saturated heterocycles. The van der Waals surface area contributed by atoms with Gasteiger partial charge in [-0.25, -0.2) is 0 Å². The summed E-state index contributed by atoms with van der Waals surface area (Å²) in [5.41, 5.74) is 2.56. The molecule has 2 aromatic carbocycles. The number of carbonyl (C=O) groups is 2. The van der Waals surface area contributed by atoms with E-state index in [2.05, 4.69) is 4.98 Å². The Morgan fingerprint density at radius 1 is 1.06 bits per heavy atom. The first kappa shape index (κ1) is 20.3. The van der Waals surface area contributed by atoms with Crippen molar-refractivity contribution >= 4 is 23.1 Å². The van der Waals surface area contributed by atoms with Crippen molar-refractivity contribution < 1.29 is 19.4 Å². The van der Waals surface area contributed by atoms with Crippen molar-refractivity contribution in [3.63, 3.8) is 0 Å². The first-order valence-electron chi connectivity index (χ1n) is 10.0. The third-order valence-electron chi connectivity index (χ3n) is 5.26. The molecule has 1 fully saturated rings. The van der Waals surface area contributed by atoms with Gasteiger partial charge in [-0.1, -0.05) is 24.3 Å². The Hall–Kier alpha value is -3.93. The number of para-hydroxylation sites is 1. The second-order valence-electron chi connectivity index (χ2n) is 7.20. The van der Waals surface area contributed by atoms with Gasteiger partial charge < -0.3 is 9.84 Å². The number of aryl methyl sites for hydroxylation is 1. The van der Waals surface area contributed by atoms with Gasteiger partial charge >= 0.3 is 0 Å². The standard InChI is InChI=1S/C25H22N2O4/c1-3-31-19-12-10-17(11-13-19)23(28)21-22(18-8-6-14-26-15-18)27(25(30)24(21)29)20-9-5-4-7-16(20)2/h4-15,22,28H,3H2,1-2H3/b23-21+. The Kier molecular flexibility index (Phi) is 5.54. The maximum atomic E-state index is 13.1. The van der Waals surface area contributed by atoms with E-state index >= 15 is 0 Å². The van der Waals surface area contributed by atoms with Gasteiger partial charge in [0.25, 0.3) is 11.7 Å². The van der Waals surface area contributed by atoms with Gasteiger partial charge in [0.15, 0.2) is 0 Å². The second kappa shape index (κ2) is 8.44. The molecule has 1 atom stereocenters. The highest BCUT2D eigenvalue weighted by Crippen LogP contribution is 2.42. The molecule has 31 heavy (non-hydrogen) atoms. The summed E-state index contributed by atoms with van der Waals surface area (Å²) < 4.78 is 5.45. The van der Waals surface area contributed by atoms with Gasteiger partial charge in [-0.2, -0.15) is 0 Å². The Bertz CT molecular complexity index is 1150. The normalized spacial score (nSPS) is 17.7. The van der Waals surface area contributed by atoms with Crippen LogP contribution >= 0.6 is 0 Å². The number of pyridine rings is 1. The molecule has 2 heterocycles. The van der Waals surface area contributed by atoms with Crippen molar-refractivity contribution in [2.45, 2.75) is 19.9 Å². The van der Waals surface area contributed by atoms with Gasteiger partial charge in [-0.05, 0) is 61.4 Å². The lowest BCUT2D eigenvalue weighted by Gasteiger charge is -2.26. The van der Waals surface area contributed by atoms with E-state index in [0.29, 0.717) is 29.2 Å². The predicted molar refractivity (Wildman–Crippen MR) is 118 cm³/mol. The summed E-state index contributed by atoms with van der Waals surface area (Å²) in [5.74, 6) is -0.992. The molecule has 6 heteroatoms. The number of Topliss-reactive ketones (excluding diaryl/α,β-unsaturated/α-hetero) is 1. The van der Waals surface area contributed by atoms with Crippen LogP contribution in [0.5, 0.6) is 5.75 Å². The van der Waals surface area contributed by atoms with E-state index in [-0.39, 0.29) is 11.3 Å². The first-order valence-corrected chi connectivity index (χ1v) is 10.0. The number of rotatable bonds is 5. The number of anilines is 1. The fourth-order valence-electron chi connectivity index (χ4n) is 3.80. The summed E-state index contributed by atoms with van der Waals surface area (Å²) in [4.78, 5) is 31.8. The molecule has 3 aromatic rings. The number of aliphatic hydroxyl groups excluding tert-OH is 1. The lowest BCUT2D eigenvalue weighted by Crippen LogP contribution is -2.30. The number of aliphatic hydroxyl groups is 1. The highest BCUT2D eigenvalue weighted by Gasteiger charge is 2.47. The van der Waals surface area contributed by atoms with Crippen molar-refractivity contribution in [3.05, 3.63) is 95.3 Å². The van der Waals surface area contributed by atoms with Crippen molar-refractivity contribution in [1.82, 2.24) is 4.98 Å². The van der Waals surface area contributed by atoms with Gasteiger partial charge in [-0.15, -0.1) is 0 Å². The van der Waals surface area contributed by atoms with Crippen LogP contribution in [0.2, 0.25) is 0 Å². The van der Waals surface area contributed by atoms with Crippen molar-refractivity contribution in [3.8, 4) is 5.75 Å². The van der Waals surface area contributed by atoms with E-state index in [0.717, 1.165) is 5.56 Å². The highest BCUT2D eigenvalue weighted by atomic mass is 16.5. The van der Waals surface area contributed by atoms with E-state index in [4.69, 9.17) is 4.74 Å². The minimum absolute atomic E-state index is 0.0328. The maximum absolute atomic E-state index is 13.1. The molecule has 1 aliphatic rings. The van der Waals surface area contributed by atoms with Crippen LogP contribution in [0, 0.1) is 6.92 Å². The number of carbonyl (C=O) groups excluding carboxylic acids is 2. The number of nitrogens with zero attached hydrogens (tertiary/aromatic N) is 2. The summed E-state index contributed by atoms with van der Waals surface area (Å²) in [6, 6.07) is 16.9. The zero-order valence-corrected chi connectivity index (χ0v) is 17.3. The number of aromatic nitrogens is 1. The minimum Gasteiger partial charge on any atom is -0.507 e. The van der Waals surface area contributed by atoms with Crippen LogP contribution in [0.3, 0.4) is 0 Å². The van der Waals surface area contributed by atoms with Gasteiger partial charge in [0.05, 0.1) is 18.2 Å². The van der Waals surface area contributed by atoms with E-state index in [1.807, 2.05) is 32.0 Å². The molecular formula is C25H22N2O4. The van der Waals surface area contributed by atoms with Crippen LogP contribution < -0.4 is 9.64 Å². The number of amides is 1. The molecule has 4 rings (SSSR count). The Balaban J connectivity index is 1.89. The molecule has 1 unspecified atom stereocenters. The Morgan fingerprint density at radius 3 is 2.45 bits per heavy atom. The van der Waals surface area contributed by atoms with E-state index in [1.165, 1.54) is 4.90 Å². The van der Waals surface area contributed by atoms with Crippen LogP contribution in [-0.2, 0) is 9.59 Å². The smallest absolute Gasteiger partial charge is 0.300 e. The van der Waals surface area contributed by atoms with Crippen molar-refractivity contribution in [1.29, 1.82) is 0 Å². The minimum atomic E-state index is -0.790. The summed E-state index contributed by atoms with van der Waals surface area (Å²) in [5, 5.41) is 11.1. The lowest BCUT2D eigenvalue weighted by atomic mass is 9.96. The van der Waals surface area contributed by atoms with Crippen LogP contribution in [0.15, 0.2) is 78.6 Å². The topological polar surface area (TPSA) is 79.7 Å². The SMILES string of the molecule is CCOc1ccc(/C(O)=C2\C(=O)C(=O)N(c3ccccc3C)C2c2cccnc2)cc1. The maximum Gasteiger partial charge on any atom is 0.300 e. The Morgan fingerprint density at radius 2 is 1.81 bits per heavy atom. The van der Waals surface area contributed by atoms with Crippen LogP contribution in [-0.4, -0.2) is 28.4 Å². The third-order valence-corrected chi connectivity index (χ3v) is 5.26. The Labute approximate surface area is 180 Å². The third kappa shape index (κ3) is 3.68. The van der Waals surface area contributed by atoms with E-state index in [9.17, 15) is 14.7 Å². The molecule has 0 saturated carbocycles. The molecule has 156 valence electrons. The van der Waals surface area contributed by atoms with Crippen LogP contribution in [0.25, 0.3) is 5.76 Å². The molecule has 1 N–H and O–H groups in total. The average molecular weight is 414 g/mol. The number of ether oxygens (including phenoxy) is 1. The molecule has 0 aliphatic carbocycles. The summed E-state index contributed by atoms with van der Waals surface area (Å²) in [6.45, 7) is 4.28. The molecular weight excluding hydrogens is 392 g/mol. The van der Waals surface area contributed by atoms with Gasteiger partial charge in [0.2, 0.25) is 0 Å². The van der Waals surface area contributed by atoms with E-state index < -0.39 is 17.7 Å². The lowest BCUT2D eigenvalue weighted by molar-refractivity contribution is -0.132. The largest absolute Gasteiger partial charge is 0.507 e. The molecule has 0 radical (unpaired) electrons. The van der Waals surface area contributed by atoms with Crippen LogP contribution in [0.1, 0.15) is 29.7 Å². The highest BCUT2D eigenvalue weighted by molar-refractivity contribution is 6.51. The number of benzene rings is 2. The van der Waals surface area contributed by atoms with Crippen LogP contribution in [0.4, 0.5) is 5.69 Å². The summed E-state index contributed by atoms with van der Waals surface area (Å²) >= 11 is 0. The molecule has 6 nitrogen and oxygen atoms in total. The zero-order chi connectivity index (χ0) is 22.0. The monoisotopic (exact) mass is 414 g/mol. The second-order valence-corrected chi connectivity index (χ2v) is 7.20. The number of hydrogen-bond donors (Lipinski definition) is 1. The van der Waals surface area contributed by atoms with E-state index in [1.54, 1.807) is 54.9 Å². The van der Waals surface area contributed by atoms with Gasteiger partial charge in [0, 0.05) is 23.6 Å². The quantitative estimate of drug-likeness (QED) is 0.380. The van der Waals surface area contributed by atoms with Gasteiger partial charge in [-0.3, -0.25) is 19.5 Å². The first-order chi connectivity index (χ1) is 15.0. The number of ketones is 1. The van der Waals surface area contributed by atoms with Crippen molar-refractivity contribution in [2.24, 2.45) is 0 Å². The predicted octanol–water partition coefficient (Wildman–Crippen LogP) is 4.42. The molecule has 0 spiro atoms. The molecule has 1 aliphatic heterocycles. The average Bonchev–Trinajstić information content (AvgIpc) is 3.05. The summed E-state index contributed by atoms with van der Waals surface area (Å²) in [6.07, 6.45) is 3.23. The van der Waals surface area contributed by atoms with Gasteiger partial charge in [0.1, 0.15) is 11.5 Å². The molecule has 0 bridgehead atoms. The summed E-state index contributed by atoms with van der Waals surface area (Å²) in [7, 11) is 0. The molecule has 1 amide bonds. The number of hydrogen-bond acceptors (Lipinski definition) is 5. The zero-order valence-electron chi connectivity index (χ0n) is 17.3.